The van der Waals surface area contributed by atoms with Gasteiger partial charge in [0.2, 0.25) is 0 Å². The molecule has 0 fully saturated rings. The van der Waals surface area contributed by atoms with Crippen molar-refractivity contribution >= 4 is 23.0 Å². The topological polar surface area (TPSA) is 50.9 Å². The molecule has 1 rings (SSSR count). The van der Waals surface area contributed by atoms with Gasteiger partial charge in [-0.05, 0) is 31.4 Å². The van der Waals surface area contributed by atoms with E-state index in [0.29, 0.717) is 4.99 Å². The third-order valence-electron chi connectivity index (χ3n) is 3.47. The number of rotatable bonds is 6. The molecule has 4 heteroatoms. The fourth-order valence-electron chi connectivity index (χ4n) is 1.90. The molecule has 1 aromatic rings. The maximum atomic E-state index is 5.54. The Labute approximate surface area is 109 Å². The Bertz CT molecular complexity index is 360. The minimum absolute atomic E-state index is 0.137. The molecule has 0 saturated heterocycles. The molecule has 0 spiro atoms. The van der Waals surface area contributed by atoms with Crippen molar-refractivity contribution < 1.29 is 0 Å². The van der Waals surface area contributed by atoms with E-state index in [2.05, 4.69) is 31.1 Å². The number of hydrogen-bond donors (Lipinski definition) is 2. The highest BCUT2D eigenvalue weighted by atomic mass is 32.1. The lowest BCUT2D eigenvalue weighted by Crippen LogP contribution is -2.36. The summed E-state index contributed by atoms with van der Waals surface area (Å²) >= 11 is 4.90. The number of nitrogens with zero attached hydrogens (tertiary/aromatic N) is 1. The SMILES string of the molecule is CCC(CC)(CC)Nc1ccc(C(N)=S)cn1. The summed E-state index contributed by atoms with van der Waals surface area (Å²) in [6, 6.07) is 3.84. The Morgan fingerprint density at radius 2 is 1.88 bits per heavy atom. The predicted molar refractivity (Wildman–Crippen MR) is 77.4 cm³/mol. The summed E-state index contributed by atoms with van der Waals surface area (Å²) in [5.41, 5.74) is 6.48. The van der Waals surface area contributed by atoms with Crippen LogP contribution in [-0.2, 0) is 0 Å². The first-order valence-electron chi connectivity index (χ1n) is 6.11. The van der Waals surface area contributed by atoms with Crippen LogP contribution in [0.2, 0.25) is 0 Å². The van der Waals surface area contributed by atoms with E-state index < -0.39 is 0 Å². The molecule has 0 aliphatic rings. The Balaban J connectivity index is 2.84. The van der Waals surface area contributed by atoms with Crippen LogP contribution in [0, 0.1) is 0 Å². The van der Waals surface area contributed by atoms with Crippen molar-refractivity contribution in [3.05, 3.63) is 23.9 Å². The molecule has 0 atom stereocenters. The van der Waals surface area contributed by atoms with Crippen LogP contribution in [0.3, 0.4) is 0 Å². The average molecular weight is 251 g/mol. The van der Waals surface area contributed by atoms with Gasteiger partial charge in [-0.2, -0.15) is 0 Å². The number of aromatic nitrogens is 1. The van der Waals surface area contributed by atoms with Crippen LogP contribution in [0.4, 0.5) is 5.82 Å². The van der Waals surface area contributed by atoms with E-state index >= 15 is 0 Å². The van der Waals surface area contributed by atoms with Gasteiger partial charge < -0.3 is 11.1 Å². The first-order valence-corrected chi connectivity index (χ1v) is 6.51. The summed E-state index contributed by atoms with van der Waals surface area (Å²) in [6.07, 6.45) is 4.96. The summed E-state index contributed by atoms with van der Waals surface area (Å²) in [5.74, 6) is 0.885. The van der Waals surface area contributed by atoms with Crippen LogP contribution in [0.25, 0.3) is 0 Å². The molecule has 94 valence electrons. The van der Waals surface area contributed by atoms with Gasteiger partial charge in [0, 0.05) is 17.3 Å². The number of nitrogens with two attached hydrogens (primary N) is 1. The Hall–Kier alpha value is -1.16. The van der Waals surface area contributed by atoms with Crippen LogP contribution in [-0.4, -0.2) is 15.5 Å². The zero-order chi connectivity index (χ0) is 12.9. The predicted octanol–water partition coefficient (Wildman–Crippen LogP) is 3.10. The normalized spacial score (nSPS) is 11.2. The highest BCUT2D eigenvalue weighted by Gasteiger charge is 2.23. The van der Waals surface area contributed by atoms with Gasteiger partial charge in [0.1, 0.15) is 10.8 Å². The number of anilines is 1. The Morgan fingerprint density at radius 3 is 2.24 bits per heavy atom. The van der Waals surface area contributed by atoms with Gasteiger partial charge in [0.25, 0.3) is 0 Å². The summed E-state index contributed by atoms with van der Waals surface area (Å²) in [7, 11) is 0. The van der Waals surface area contributed by atoms with Crippen molar-refractivity contribution in [2.45, 2.75) is 45.6 Å². The van der Waals surface area contributed by atoms with E-state index in [9.17, 15) is 0 Å². The monoisotopic (exact) mass is 251 g/mol. The van der Waals surface area contributed by atoms with Gasteiger partial charge in [-0.25, -0.2) is 4.98 Å². The fourth-order valence-corrected chi connectivity index (χ4v) is 2.02. The van der Waals surface area contributed by atoms with Gasteiger partial charge in [0.15, 0.2) is 0 Å². The lowest BCUT2D eigenvalue weighted by atomic mass is 9.90. The van der Waals surface area contributed by atoms with E-state index in [0.717, 1.165) is 30.6 Å². The van der Waals surface area contributed by atoms with Crippen LogP contribution in [0.5, 0.6) is 0 Å². The lowest BCUT2D eigenvalue weighted by molar-refractivity contribution is 0.419. The highest BCUT2D eigenvalue weighted by Crippen LogP contribution is 2.24. The van der Waals surface area contributed by atoms with Crippen LogP contribution >= 0.6 is 12.2 Å². The smallest absolute Gasteiger partial charge is 0.126 e. The quantitative estimate of drug-likeness (QED) is 0.763. The third kappa shape index (κ3) is 3.40. The molecule has 0 bridgehead atoms. The molecule has 0 unspecified atom stereocenters. The highest BCUT2D eigenvalue weighted by molar-refractivity contribution is 7.80. The molecular formula is C13H21N3S. The van der Waals surface area contributed by atoms with E-state index in [1.54, 1.807) is 6.20 Å². The van der Waals surface area contributed by atoms with Gasteiger partial charge >= 0.3 is 0 Å². The average Bonchev–Trinajstić information content (AvgIpc) is 2.37. The molecule has 3 nitrogen and oxygen atoms in total. The van der Waals surface area contributed by atoms with Crippen LogP contribution in [0.1, 0.15) is 45.6 Å². The number of hydrogen-bond acceptors (Lipinski definition) is 3. The summed E-state index contributed by atoms with van der Waals surface area (Å²) < 4.78 is 0. The molecule has 0 aliphatic heterocycles. The van der Waals surface area contributed by atoms with Crippen LogP contribution in [0.15, 0.2) is 18.3 Å². The summed E-state index contributed by atoms with van der Waals surface area (Å²) in [5, 5.41) is 3.51. The standard InChI is InChI=1S/C13H21N3S/c1-4-13(5-2,6-3)16-11-8-7-10(9-15-11)12(14)17/h7-9H,4-6H2,1-3H3,(H2,14,17)(H,15,16). The van der Waals surface area contributed by atoms with Gasteiger partial charge in [-0.1, -0.05) is 33.0 Å². The minimum atomic E-state index is 0.137. The molecule has 1 aromatic heterocycles. The minimum Gasteiger partial charge on any atom is -0.389 e. The van der Waals surface area contributed by atoms with Crippen molar-refractivity contribution in [1.82, 2.24) is 4.98 Å². The maximum absolute atomic E-state index is 5.54. The molecular weight excluding hydrogens is 230 g/mol. The molecule has 3 N–H and O–H groups in total. The largest absolute Gasteiger partial charge is 0.389 e. The molecule has 0 saturated carbocycles. The molecule has 1 heterocycles. The zero-order valence-electron chi connectivity index (χ0n) is 10.8. The third-order valence-corrected chi connectivity index (χ3v) is 3.71. The Morgan fingerprint density at radius 1 is 1.29 bits per heavy atom. The van der Waals surface area contributed by atoms with E-state index in [-0.39, 0.29) is 5.54 Å². The number of pyridine rings is 1. The van der Waals surface area contributed by atoms with Crippen LogP contribution < -0.4 is 11.1 Å². The zero-order valence-corrected chi connectivity index (χ0v) is 11.6. The summed E-state index contributed by atoms with van der Waals surface area (Å²) in [6.45, 7) is 6.59. The fraction of sp³-hybridized carbons (Fsp3) is 0.538. The Kier molecular flexibility index (Phi) is 4.87. The first kappa shape index (κ1) is 13.9. The molecule has 0 radical (unpaired) electrons. The number of nitrogens with one attached hydrogen (secondary N) is 1. The maximum Gasteiger partial charge on any atom is 0.126 e. The molecule has 17 heavy (non-hydrogen) atoms. The van der Waals surface area contributed by atoms with Crippen molar-refractivity contribution in [3.63, 3.8) is 0 Å². The molecule has 0 amide bonds. The summed E-state index contributed by atoms with van der Waals surface area (Å²) in [4.78, 5) is 4.74. The second kappa shape index (κ2) is 5.96. The van der Waals surface area contributed by atoms with Crippen molar-refractivity contribution in [2.75, 3.05) is 5.32 Å². The van der Waals surface area contributed by atoms with E-state index in [1.807, 2.05) is 12.1 Å². The van der Waals surface area contributed by atoms with E-state index in [4.69, 9.17) is 18.0 Å². The van der Waals surface area contributed by atoms with Crippen molar-refractivity contribution in [1.29, 1.82) is 0 Å². The van der Waals surface area contributed by atoms with E-state index in [1.165, 1.54) is 0 Å². The van der Waals surface area contributed by atoms with Crippen molar-refractivity contribution in [3.8, 4) is 0 Å². The van der Waals surface area contributed by atoms with Gasteiger partial charge in [0.05, 0.1) is 0 Å². The second-order valence-corrected chi connectivity index (χ2v) is 4.70. The molecule has 0 aromatic carbocycles. The lowest BCUT2D eigenvalue weighted by Gasteiger charge is -2.32. The van der Waals surface area contributed by atoms with Gasteiger partial charge in [-0.15, -0.1) is 0 Å². The van der Waals surface area contributed by atoms with Crippen molar-refractivity contribution in [2.24, 2.45) is 5.73 Å². The number of thiocarbonyl (C=S) groups is 1. The first-order chi connectivity index (χ1) is 8.06. The second-order valence-electron chi connectivity index (χ2n) is 4.26. The van der Waals surface area contributed by atoms with Gasteiger partial charge in [-0.3, -0.25) is 0 Å². The molecule has 0 aliphatic carbocycles.